The van der Waals surface area contributed by atoms with Gasteiger partial charge in [-0.2, -0.15) is 10.2 Å². The molecule has 0 unspecified atom stereocenters. The van der Waals surface area contributed by atoms with E-state index in [1.165, 1.54) is 12.4 Å². The molecule has 0 aliphatic carbocycles. The number of amides is 1. The van der Waals surface area contributed by atoms with Gasteiger partial charge < -0.3 is 10.2 Å². The van der Waals surface area contributed by atoms with Crippen LogP contribution in [-0.4, -0.2) is 44.6 Å². The quantitative estimate of drug-likeness (QED) is 0.926. The number of carbonyl (C=O) groups is 1. The molecular formula is C15H18N6O. The molecule has 0 saturated carbocycles. The zero-order valence-electron chi connectivity index (χ0n) is 12.7. The summed E-state index contributed by atoms with van der Waals surface area (Å²) in [6.07, 6.45) is 4.91. The van der Waals surface area contributed by atoms with E-state index < -0.39 is 0 Å². The first-order chi connectivity index (χ1) is 10.7. The van der Waals surface area contributed by atoms with Crippen LogP contribution in [0.1, 0.15) is 40.8 Å². The molecule has 1 N–H and O–H groups in total. The van der Waals surface area contributed by atoms with Gasteiger partial charge in [0.2, 0.25) is 0 Å². The number of nitrogens with zero attached hydrogens (tertiary/aromatic N) is 5. The number of aryl methyl sites for hydroxylation is 1. The van der Waals surface area contributed by atoms with Gasteiger partial charge in [-0.15, -0.1) is 0 Å². The summed E-state index contributed by atoms with van der Waals surface area (Å²) < 4.78 is 0. The minimum absolute atomic E-state index is 0.0190. The second-order valence-electron chi connectivity index (χ2n) is 5.26. The Morgan fingerprint density at radius 2 is 2.23 bits per heavy atom. The van der Waals surface area contributed by atoms with Crippen molar-refractivity contribution in [2.75, 3.05) is 18.9 Å². The van der Waals surface area contributed by atoms with Gasteiger partial charge in [-0.05, 0) is 25.8 Å². The highest BCUT2D eigenvalue weighted by molar-refractivity contribution is 5.94. The van der Waals surface area contributed by atoms with Crippen LogP contribution in [0.3, 0.4) is 0 Å². The fraction of sp³-hybridized carbons (Fsp3) is 0.400. The Morgan fingerprint density at radius 3 is 2.95 bits per heavy atom. The highest BCUT2D eigenvalue weighted by atomic mass is 16.2. The van der Waals surface area contributed by atoms with Crippen LogP contribution in [-0.2, 0) is 0 Å². The van der Waals surface area contributed by atoms with Crippen molar-refractivity contribution in [1.29, 1.82) is 0 Å². The van der Waals surface area contributed by atoms with E-state index in [1.807, 2.05) is 24.9 Å². The van der Waals surface area contributed by atoms with Crippen molar-refractivity contribution < 1.29 is 4.79 Å². The van der Waals surface area contributed by atoms with Gasteiger partial charge in [0.1, 0.15) is 11.6 Å². The standard InChI is InChI=1S/C15H18N6O/c1-10-19-12(8-14(16-2)20-10)13-4-3-7-21(13)15(22)11-5-6-17-18-9-11/h5-6,8-9,13H,3-4,7H2,1-2H3,(H,16,19,20)/t13-/m0/s1. The molecule has 3 rings (SSSR count). The maximum Gasteiger partial charge on any atom is 0.256 e. The van der Waals surface area contributed by atoms with Crippen molar-refractivity contribution in [2.24, 2.45) is 0 Å². The van der Waals surface area contributed by atoms with Crippen LogP contribution in [0.4, 0.5) is 5.82 Å². The van der Waals surface area contributed by atoms with Crippen LogP contribution in [0.25, 0.3) is 0 Å². The average Bonchev–Trinajstić information content (AvgIpc) is 3.04. The second-order valence-corrected chi connectivity index (χ2v) is 5.26. The van der Waals surface area contributed by atoms with Gasteiger partial charge >= 0.3 is 0 Å². The Hall–Kier alpha value is -2.57. The number of carbonyl (C=O) groups excluding carboxylic acids is 1. The third-order valence-electron chi connectivity index (χ3n) is 3.80. The molecule has 0 aromatic carbocycles. The third kappa shape index (κ3) is 2.74. The fourth-order valence-corrected chi connectivity index (χ4v) is 2.79. The Kier molecular flexibility index (Phi) is 3.95. The van der Waals surface area contributed by atoms with E-state index in [0.29, 0.717) is 11.4 Å². The van der Waals surface area contributed by atoms with Crippen LogP contribution in [0.15, 0.2) is 24.5 Å². The summed E-state index contributed by atoms with van der Waals surface area (Å²) in [6, 6.07) is 3.58. The van der Waals surface area contributed by atoms with E-state index in [1.54, 1.807) is 6.07 Å². The predicted octanol–water partition coefficient (Wildman–Crippen LogP) is 1.59. The van der Waals surface area contributed by atoms with Crippen LogP contribution in [0, 0.1) is 6.92 Å². The van der Waals surface area contributed by atoms with Crippen molar-refractivity contribution in [3.05, 3.63) is 41.6 Å². The molecule has 2 aromatic rings. The Labute approximate surface area is 128 Å². The van der Waals surface area contributed by atoms with E-state index in [4.69, 9.17) is 0 Å². The Balaban J connectivity index is 1.90. The van der Waals surface area contributed by atoms with Crippen LogP contribution in [0.2, 0.25) is 0 Å². The minimum Gasteiger partial charge on any atom is -0.373 e. The first kappa shape index (κ1) is 14.4. The average molecular weight is 298 g/mol. The lowest BCUT2D eigenvalue weighted by molar-refractivity contribution is 0.0732. The Bertz CT molecular complexity index is 675. The Morgan fingerprint density at radius 1 is 1.36 bits per heavy atom. The van der Waals surface area contributed by atoms with E-state index in [9.17, 15) is 4.79 Å². The summed E-state index contributed by atoms with van der Waals surface area (Å²) in [4.78, 5) is 23.4. The van der Waals surface area contributed by atoms with E-state index >= 15 is 0 Å². The number of nitrogens with one attached hydrogen (secondary N) is 1. The van der Waals surface area contributed by atoms with Crippen molar-refractivity contribution in [2.45, 2.75) is 25.8 Å². The van der Waals surface area contributed by atoms with Gasteiger partial charge in [0.05, 0.1) is 29.7 Å². The van der Waals surface area contributed by atoms with Crippen molar-refractivity contribution in [3.63, 3.8) is 0 Å². The fourth-order valence-electron chi connectivity index (χ4n) is 2.79. The molecule has 0 bridgehead atoms. The molecule has 0 spiro atoms. The first-order valence-electron chi connectivity index (χ1n) is 7.30. The molecule has 1 amide bonds. The first-order valence-corrected chi connectivity index (χ1v) is 7.30. The summed E-state index contributed by atoms with van der Waals surface area (Å²) in [5, 5.41) is 10.5. The SMILES string of the molecule is CNc1cc([C@@H]2CCCN2C(=O)c2ccnnc2)nc(C)n1. The van der Waals surface area contributed by atoms with Crippen LogP contribution >= 0.6 is 0 Å². The number of hydrogen-bond donors (Lipinski definition) is 1. The topological polar surface area (TPSA) is 83.9 Å². The molecule has 1 aliphatic heterocycles. The number of rotatable bonds is 3. The van der Waals surface area contributed by atoms with Crippen molar-refractivity contribution in [1.82, 2.24) is 25.1 Å². The number of likely N-dealkylation sites (tertiary alicyclic amines) is 1. The van der Waals surface area contributed by atoms with Gasteiger partial charge in [-0.25, -0.2) is 9.97 Å². The molecule has 7 nitrogen and oxygen atoms in total. The normalized spacial score (nSPS) is 17.5. The van der Waals surface area contributed by atoms with E-state index in [2.05, 4.69) is 25.5 Å². The summed E-state index contributed by atoms with van der Waals surface area (Å²) >= 11 is 0. The molecule has 1 aliphatic rings. The molecule has 22 heavy (non-hydrogen) atoms. The lowest BCUT2D eigenvalue weighted by Gasteiger charge is -2.24. The van der Waals surface area contributed by atoms with Gasteiger partial charge in [0.15, 0.2) is 0 Å². The van der Waals surface area contributed by atoms with Gasteiger partial charge in [-0.1, -0.05) is 0 Å². The van der Waals surface area contributed by atoms with Crippen molar-refractivity contribution >= 4 is 11.7 Å². The van der Waals surface area contributed by atoms with Crippen molar-refractivity contribution in [3.8, 4) is 0 Å². The zero-order chi connectivity index (χ0) is 15.5. The number of hydrogen-bond acceptors (Lipinski definition) is 6. The molecular weight excluding hydrogens is 280 g/mol. The van der Waals surface area contributed by atoms with Crippen LogP contribution < -0.4 is 5.32 Å². The van der Waals surface area contributed by atoms with E-state index in [0.717, 1.165) is 30.9 Å². The smallest absolute Gasteiger partial charge is 0.256 e. The molecule has 2 aromatic heterocycles. The number of aromatic nitrogens is 4. The molecule has 114 valence electrons. The molecule has 0 radical (unpaired) electrons. The summed E-state index contributed by atoms with van der Waals surface area (Å²) in [6.45, 7) is 2.59. The maximum absolute atomic E-state index is 12.7. The van der Waals surface area contributed by atoms with Gasteiger partial charge in [0.25, 0.3) is 5.91 Å². The van der Waals surface area contributed by atoms with Crippen LogP contribution in [0.5, 0.6) is 0 Å². The third-order valence-corrected chi connectivity index (χ3v) is 3.80. The van der Waals surface area contributed by atoms with Gasteiger partial charge in [0, 0.05) is 19.7 Å². The number of anilines is 1. The monoisotopic (exact) mass is 298 g/mol. The molecule has 1 saturated heterocycles. The maximum atomic E-state index is 12.7. The zero-order valence-corrected chi connectivity index (χ0v) is 12.7. The largest absolute Gasteiger partial charge is 0.373 e. The minimum atomic E-state index is -0.0281. The molecule has 1 atom stereocenters. The highest BCUT2D eigenvalue weighted by Crippen LogP contribution is 2.32. The lowest BCUT2D eigenvalue weighted by atomic mass is 10.1. The molecule has 7 heteroatoms. The van der Waals surface area contributed by atoms with Gasteiger partial charge in [-0.3, -0.25) is 4.79 Å². The lowest BCUT2D eigenvalue weighted by Crippen LogP contribution is -2.31. The van der Waals surface area contributed by atoms with E-state index in [-0.39, 0.29) is 11.9 Å². The molecule has 3 heterocycles. The second kappa shape index (κ2) is 6.05. The summed E-state index contributed by atoms with van der Waals surface area (Å²) in [5.74, 6) is 1.44. The predicted molar refractivity (Wildman–Crippen MR) is 81.4 cm³/mol. The highest BCUT2D eigenvalue weighted by Gasteiger charge is 2.32. The summed E-state index contributed by atoms with van der Waals surface area (Å²) in [7, 11) is 1.83. The summed E-state index contributed by atoms with van der Waals surface area (Å²) in [5.41, 5.74) is 1.44. The molecule has 1 fully saturated rings.